The van der Waals surface area contributed by atoms with Crippen molar-refractivity contribution < 1.29 is 12.8 Å². The van der Waals surface area contributed by atoms with E-state index in [1.165, 1.54) is 12.4 Å². The lowest BCUT2D eigenvalue weighted by molar-refractivity contribution is 0.463. The molecule has 8 nitrogen and oxygen atoms in total. The summed E-state index contributed by atoms with van der Waals surface area (Å²) in [5.74, 6) is 1.02. The van der Waals surface area contributed by atoms with E-state index in [1.807, 2.05) is 0 Å². The average molecular weight is 313 g/mol. The Hall–Kier alpha value is -1.71. The lowest BCUT2D eigenvalue weighted by Crippen LogP contribution is -2.23. The Kier molecular flexibility index (Phi) is 4.76. The minimum atomic E-state index is -3.63. The molecule has 0 aliphatic carbocycles. The van der Waals surface area contributed by atoms with Crippen LogP contribution in [0.15, 0.2) is 21.7 Å². The molecule has 2 aromatic rings. The SMILES string of the molecule is Cc1nc(CNS(=O)(=O)c2cnn(CCCN)c2)oc1C. The molecular weight excluding hydrogens is 294 g/mol. The lowest BCUT2D eigenvalue weighted by atomic mass is 10.4. The van der Waals surface area contributed by atoms with Gasteiger partial charge in [-0.05, 0) is 26.8 Å². The van der Waals surface area contributed by atoms with Gasteiger partial charge in [0.15, 0.2) is 0 Å². The summed E-state index contributed by atoms with van der Waals surface area (Å²) in [6.07, 6.45) is 3.53. The van der Waals surface area contributed by atoms with Gasteiger partial charge in [-0.2, -0.15) is 5.10 Å². The maximum Gasteiger partial charge on any atom is 0.244 e. The van der Waals surface area contributed by atoms with Crippen molar-refractivity contribution in [1.29, 1.82) is 0 Å². The summed E-state index contributed by atoms with van der Waals surface area (Å²) in [6, 6.07) is 0. The number of aromatic nitrogens is 3. The maximum absolute atomic E-state index is 12.1. The second-order valence-electron chi connectivity index (χ2n) is 4.66. The molecule has 0 radical (unpaired) electrons. The molecule has 21 heavy (non-hydrogen) atoms. The fraction of sp³-hybridized carbons (Fsp3) is 0.500. The minimum absolute atomic E-state index is 0.00495. The Labute approximate surface area is 123 Å². The van der Waals surface area contributed by atoms with Crippen LogP contribution in [0.25, 0.3) is 0 Å². The summed E-state index contributed by atoms with van der Waals surface area (Å²) < 4.78 is 33.6. The van der Waals surface area contributed by atoms with Gasteiger partial charge in [-0.1, -0.05) is 0 Å². The molecule has 0 unspecified atom stereocenters. The molecule has 2 rings (SSSR count). The van der Waals surface area contributed by atoms with Crippen molar-refractivity contribution in [3.05, 3.63) is 29.7 Å². The zero-order valence-electron chi connectivity index (χ0n) is 12.0. The predicted molar refractivity (Wildman–Crippen MR) is 75.9 cm³/mol. The van der Waals surface area contributed by atoms with Gasteiger partial charge < -0.3 is 10.2 Å². The Morgan fingerprint density at radius 2 is 2.19 bits per heavy atom. The third-order valence-electron chi connectivity index (χ3n) is 3.00. The third-order valence-corrected chi connectivity index (χ3v) is 4.35. The van der Waals surface area contributed by atoms with Crippen LogP contribution < -0.4 is 10.5 Å². The van der Waals surface area contributed by atoms with Crippen molar-refractivity contribution in [2.75, 3.05) is 6.54 Å². The number of aryl methyl sites for hydroxylation is 3. The second-order valence-corrected chi connectivity index (χ2v) is 6.42. The Morgan fingerprint density at radius 3 is 2.81 bits per heavy atom. The van der Waals surface area contributed by atoms with Crippen molar-refractivity contribution >= 4 is 10.0 Å². The molecule has 0 bridgehead atoms. The molecule has 116 valence electrons. The normalized spacial score (nSPS) is 12.0. The van der Waals surface area contributed by atoms with E-state index in [2.05, 4.69) is 14.8 Å². The van der Waals surface area contributed by atoms with E-state index < -0.39 is 10.0 Å². The van der Waals surface area contributed by atoms with Crippen LogP contribution in [0.5, 0.6) is 0 Å². The standard InChI is InChI=1S/C12H19N5O3S/c1-9-10(2)20-12(16-9)7-15-21(18,19)11-6-14-17(8-11)5-3-4-13/h6,8,15H,3-5,7,13H2,1-2H3. The highest BCUT2D eigenvalue weighted by Crippen LogP contribution is 2.11. The predicted octanol–water partition coefficient (Wildman–Crippen LogP) is 0.315. The molecule has 2 heterocycles. The fourth-order valence-electron chi connectivity index (χ4n) is 1.71. The van der Waals surface area contributed by atoms with Gasteiger partial charge in [0, 0.05) is 12.7 Å². The van der Waals surface area contributed by atoms with E-state index in [0.717, 1.165) is 12.1 Å². The van der Waals surface area contributed by atoms with Crippen molar-refractivity contribution in [1.82, 2.24) is 19.5 Å². The molecule has 0 fully saturated rings. The van der Waals surface area contributed by atoms with Crippen LogP contribution in [0.3, 0.4) is 0 Å². The summed E-state index contributed by atoms with van der Waals surface area (Å²) in [5, 5.41) is 4.00. The van der Waals surface area contributed by atoms with E-state index in [0.29, 0.717) is 24.7 Å². The first-order chi connectivity index (χ1) is 9.92. The summed E-state index contributed by atoms with van der Waals surface area (Å²) in [7, 11) is -3.63. The molecule has 0 aliphatic rings. The first kappa shape index (κ1) is 15.7. The van der Waals surface area contributed by atoms with Gasteiger partial charge in [0.2, 0.25) is 15.9 Å². The molecule has 0 spiro atoms. The van der Waals surface area contributed by atoms with E-state index in [4.69, 9.17) is 10.2 Å². The maximum atomic E-state index is 12.1. The largest absolute Gasteiger partial charge is 0.444 e. The van der Waals surface area contributed by atoms with Gasteiger partial charge in [0.05, 0.1) is 18.4 Å². The first-order valence-electron chi connectivity index (χ1n) is 6.57. The van der Waals surface area contributed by atoms with Crippen LogP contribution in [0.2, 0.25) is 0 Å². The summed E-state index contributed by atoms with van der Waals surface area (Å²) in [4.78, 5) is 4.24. The lowest BCUT2D eigenvalue weighted by Gasteiger charge is -2.02. The summed E-state index contributed by atoms with van der Waals surface area (Å²) in [6.45, 7) is 4.71. The van der Waals surface area contributed by atoms with Gasteiger partial charge in [-0.3, -0.25) is 4.68 Å². The molecule has 0 saturated heterocycles. The number of nitrogens with one attached hydrogen (secondary N) is 1. The highest BCUT2D eigenvalue weighted by molar-refractivity contribution is 7.89. The zero-order chi connectivity index (χ0) is 15.5. The van der Waals surface area contributed by atoms with Crippen molar-refractivity contribution in [2.45, 2.75) is 38.3 Å². The van der Waals surface area contributed by atoms with Gasteiger partial charge in [0.25, 0.3) is 0 Å². The van der Waals surface area contributed by atoms with Gasteiger partial charge in [0.1, 0.15) is 10.7 Å². The van der Waals surface area contributed by atoms with Crippen LogP contribution in [0.1, 0.15) is 23.8 Å². The number of hydrogen-bond donors (Lipinski definition) is 2. The van der Waals surface area contributed by atoms with Gasteiger partial charge in [-0.15, -0.1) is 0 Å². The third kappa shape index (κ3) is 3.90. The fourth-order valence-corrected chi connectivity index (χ4v) is 2.64. The number of nitrogens with zero attached hydrogens (tertiary/aromatic N) is 3. The second kappa shape index (κ2) is 6.37. The van der Waals surface area contributed by atoms with E-state index in [-0.39, 0.29) is 11.4 Å². The molecule has 0 saturated carbocycles. The van der Waals surface area contributed by atoms with Crippen molar-refractivity contribution in [3.63, 3.8) is 0 Å². The molecule has 9 heteroatoms. The zero-order valence-corrected chi connectivity index (χ0v) is 12.9. The molecule has 0 amide bonds. The Bertz CT molecular complexity index is 685. The van der Waals surface area contributed by atoms with E-state index >= 15 is 0 Å². The summed E-state index contributed by atoms with van der Waals surface area (Å²) >= 11 is 0. The molecule has 2 aromatic heterocycles. The van der Waals surface area contributed by atoms with Gasteiger partial charge >= 0.3 is 0 Å². The smallest absolute Gasteiger partial charge is 0.244 e. The highest BCUT2D eigenvalue weighted by Gasteiger charge is 2.17. The molecular formula is C12H19N5O3S. The molecule has 0 aromatic carbocycles. The molecule has 0 atom stereocenters. The van der Waals surface area contributed by atoms with Crippen LogP contribution >= 0.6 is 0 Å². The van der Waals surface area contributed by atoms with Crippen LogP contribution in [-0.4, -0.2) is 29.7 Å². The number of oxazole rings is 1. The minimum Gasteiger partial charge on any atom is -0.444 e. The Balaban J connectivity index is 2.02. The Morgan fingerprint density at radius 1 is 1.43 bits per heavy atom. The average Bonchev–Trinajstić information content (AvgIpc) is 3.03. The van der Waals surface area contributed by atoms with E-state index in [9.17, 15) is 8.42 Å². The van der Waals surface area contributed by atoms with Crippen molar-refractivity contribution in [2.24, 2.45) is 5.73 Å². The van der Waals surface area contributed by atoms with Crippen LogP contribution in [-0.2, 0) is 23.1 Å². The van der Waals surface area contributed by atoms with Gasteiger partial charge in [-0.25, -0.2) is 18.1 Å². The van der Waals surface area contributed by atoms with E-state index in [1.54, 1.807) is 18.5 Å². The van der Waals surface area contributed by atoms with Crippen LogP contribution in [0, 0.1) is 13.8 Å². The number of sulfonamides is 1. The number of nitrogens with two attached hydrogens (primary N) is 1. The monoisotopic (exact) mass is 313 g/mol. The van der Waals surface area contributed by atoms with Crippen LogP contribution in [0.4, 0.5) is 0 Å². The number of hydrogen-bond acceptors (Lipinski definition) is 6. The molecule has 0 aliphatic heterocycles. The molecule has 3 N–H and O–H groups in total. The van der Waals surface area contributed by atoms with Crippen molar-refractivity contribution in [3.8, 4) is 0 Å². The number of rotatable bonds is 7. The first-order valence-corrected chi connectivity index (χ1v) is 8.06. The highest BCUT2D eigenvalue weighted by atomic mass is 32.2. The quantitative estimate of drug-likeness (QED) is 0.760. The topological polar surface area (TPSA) is 116 Å². The summed E-state index contributed by atoms with van der Waals surface area (Å²) in [5.41, 5.74) is 6.16.